The van der Waals surface area contributed by atoms with Gasteiger partial charge in [-0.15, -0.1) is 0 Å². The second kappa shape index (κ2) is 15.5. The molecule has 53 heavy (non-hydrogen) atoms. The van der Waals surface area contributed by atoms with E-state index in [4.69, 9.17) is 4.74 Å². The number of likely N-dealkylation sites (N-methyl/N-ethyl adjacent to an activating group) is 1. The molecule has 9 heteroatoms. The molecule has 0 spiro atoms. The van der Waals surface area contributed by atoms with Gasteiger partial charge in [0, 0.05) is 30.1 Å². The van der Waals surface area contributed by atoms with Gasteiger partial charge in [0.15, 0.2) is 0 Å². The van der Waals surface area contributed by atoms with Gasteiger partial charge in [-0.25, -0.2) is 9.37 Å². The van der Waals surface area contributed by atoms with Crippen LogP contribution in [0.15, 0.2) is 127 Å². The number of amides is 3. The van der Waals surface area contributed by atoms with E-state index in [0.29, 0.717) is 44.7 Å². The van der Waals surface area contributed by atoms with Gasteiger partial charge in [-0.2, -0.15) is 0 Å². The molecule has 6 aromatic rings. The van der Waals surface area contributed by atoms with Crippen LogP contribution < -0.4 is 15.4 Å². The van der Waals surface area contributed by atoms with Crippen molar-refractivity contribution in [2.45, 2.75) is 38.8 Å². The van der Waals surface area contributed by atoms with E-state index in [1.807, 2.05) is 24.3 Å². The molecule has 1 aromatic heterocycles. The summed E-state index contributed by atoms with van der Waals surface area (Å²) in [5, 5.41) is 6.51. The van der Waals surface area contributed by atoms with Crippen LogP contribution in [-0.4, -0.2) is 41.8 Å². The third kappa shape index (κ3) is 8.42. The Hall–Kier alpha value is -6.35. The molecule has 3 amide bonds. The van der Waals surface area contributed by atoms with Crippen LogP contribution in [0.1, 0.15) is 64.2 Å². The predicted molar refractivity (Wildman–Crippen MR) is 206 cm³/mol. The van der Waals surface area contributed by atoms with Gasteiger partial charge < -0.3 is 20.3 Å². The molecular formula is C44H41FN4O4. The van der Waals surface area contributed by atoms with Crippen LogP contribution in [0, 0.1) is 5.82 Å². The van der Waals surface area contributed by atoms with Crippen LogP contribution in [0.2, 0.25) is 0 Å². The maximum absolute atomic E-state index is 13.7. The highest BCUT2D eigenvalue weighted by Crippen LogP contribution is 2.35. The van der Waals surface area contributed by atoms with Crippen molar-refractivity contribution in [2.75, 3.05) is 19.5 Å². The maximum atomic E-state index is 13.7. The fourth-order valence-electron chi connectivity index (χ4n) is 6.15. The molecule has 0 aliphatic heterocycles. The topological polar surface area (TPSA) is 101 Å². The lowest BCUT2D eigenvalue weighted by molar-refractivity contribution is -0.132. The average Bonchev–Trinajstić information content (AvgIpc) is 3.17. The smallest absolute Gasteiger partial charge is 0.257 e. The number of aromatic nitrogens is 1. The fraction of sp³-hybridized carbons (Fsp3) is 0.182. The second-order valence-corrected chi connectivity index (χ2v) is 13.9. The largest absolute Gasteiger partial charge is 0.496 e. The number of benzene rings is 5. The maximum Gasteiger partial charge on any atom is 0.257 e. The molecule has 0 aliphatic carbocycles. The number of hydrogen-bond acceptors (Lipinski definition) is 5. The third-order valence-corrected chi connectivity index (χ3v) is 9.09. The van der Waals surface area contributed by atoms with Crippen LogP contribution in [0.3, 0.4) is 0 Å². The van der Waals surface area contributed by atoms with Crippen molar-refractivity contribution in [3.8, 4) is 16.9 Å². The van der Waals surface area contributed by atoms with Crippen molar-refractivity contribution >= 4 is 34.4 Å². The lowest BCUT2D eigenvalue weighted by Crippen LogP contribution is -2.41. The van der Waals surface area contributed by atoms with Gasteiger partial charge in [-0.1, -0.05) is 93.6 Å². The predicted octanol–water partition coefficient (Wildman–Crippen LogP) is 8.73. The summed E-state index contributed by atoms with van der Waals surface area (Å²) in [6.45, 7) is 6.70. The van der Waals surface area contributed by atoms with Crippen molar-refractivity contribution in [3.05, 3.63) is 161 Å². The quantitative estimate of drug-likeness (QED) is 0.148. The standard InChI is InChI=1S/C44H41FN4O4/c1-44(2,3)33-20-16-29(17-21-33)39-35(12-9-13-37(39)53-5)42(51)47-38-25-19-31-26-32(18-24-36(31)46-38)41(50)48-40(30-10-7-6-8-11-30)43(52)49(4)27-28-14-22-34(45)23-15-28/h6-26,40H,27H2,1-5H3,(H,48,50)(H,46,47,51)/t40-/m0/s1. The average molecular weight is 709 g/mol. The van der Waals surface area contributed by atoms with Gasteiger partial charge in [0.1, 0.15) is 23.4 Å². The molecule has 1 atom stereocenters. The first kappa shape index (κ1) is 36.4. The summed E-state index contributed by atoms with van der Waals surface area (Å²) >= 11 is 0. The molecule has 0 radical (unpaired) electrons. The van der Waals surface area contributed by atoms with Gasteiger partial charge >= 0.3 is 0 Å². The zero-order chi connectivity index (χ0) is 37.7. The first-order chi connectivity index (χ1) is 25.4. The summed E-state index contributed by atoms with van der Waals surface area (Å²) in [5.41, 5.74) is 5.42. The van der Waals surface area contributed by atoms with E-state index in [0.717, 1.165) is 11.1 Å². The Kier molecular flexibility index (Phi) is 10.7. The van der Waals surface area contributed by atoms with E-state index in [2.05, 4.69) is 48.5 Å². The minimum absolute atomic E-state index is 0.0143. The van der Waals surface area contributed by atoms with Gasteiger partial charge in [0.05, 0.1) is 18.2 Å². The molecule has 2 N–H and O–H groups in total. The number of methoxy groups -OCH3 is 1. The van der Waals surface area contributed by atoms with Gasteiger partial charge in [0.25, 0.3) is 11.8 Å². The number of nitrogens with one attached hydrogen (secondary N) is 2. The zero-order valence-electron chi connectivity index (χ0n) is 30.3. The van der Waals surface area contributed by atoms with Gasteiger partial charge in [-0.3, -0.25) is 14.4 Å². The summed E-state index contributed by atoms with van der Waals surface area (Å²) < 4.78 is 19.1. The number of pyridine rings is 1. The van der Waals surface area contributed by atoms with E-state index in [1.165, 1.54) is 22.6 Å². The van der Waals surface area contributed by atoms with Crippen molar-refractivity contribution in [2.24, 2.45) is 0 Å². The molecular weight excluding hydrogens is 668 g/mol. The molecule has 5 aromatic carbocycles. The minimum atomic E-state index is -0.960. The Bertz CT molecular complexity index is 2270. The number of carbonyl (C=O) groups excluding carboxylic acids is 3. The highest BCUT2D eigenvalue weighted by atomic mass is 19.1. The fourth-order valence-corrected chi connectivity index (χ4v) is 6.15. The number of nitrogens with zero attached hydrogens (tertiary/aromatic N) is 2. The monoisotopic (exact) mass is 708 g/mol. The summed E-state index contributed by atoms with van der Waals surface area (Å²) in [5.74, 6) is -0.544. The molecule has 1 heterocycles. The SMILES string of the molecule is COc1cccc(C(=O)Nc2ccc3cc(C(=O)N[C@H](C(=O)N(C)Cc4ccc(F)cc4)c4ccccc4)ccc3n2)c1-c1ccc(C(C)(C)C)cc1. The second-order valence-electron chi connectivity index (χ2n) is 13.9. The Balaban J connectivity index is 1.20. The van der Waals surface area contributed by atoms with Crippen LogP contribution in [-0.2, 0) is 16.8 Å². The summed E-state index contributed by atoms with van der Waals surface area (Å²) in [7, 11) is 3.23. The number of halogens is 1. The van der Waals surface area contributed by atoms with Gasteiger partial charge in [-0.05, 0) is 82.3 Å². The molecule has 0 saturated heterocycles. The van der Waals surface area contributed by atoms with E-state index in [9.17, 15) is 18.8 Å². The molecule has 0 bridgehead atoms. The Labute approximate surface area is 308 Å². The lowest BCUT2D eigenvalue weighted by Gasteiger charge is -2.25. The van der Waals surface area contributed by atoms with E-state index < -0.39 is 11.9 Å². The number of ether oxygens (including phenoxy) is 1. The number of carbonyl (C=O) groups is 3. The van der Waals surface area contributed by atoms with E-state index >= 15 is 0 Å². The first-order valence-electron chi connectivity index (χ1n) is 17.3. The van der Waals surface area contributed by atoms with Crippen molar-refractivity contribution < 1.29 is 23.5 Å². The first-order valence-corrected chi connectivity index (χ1v) is 17.3. The molecule has 268 valence electrons. The summed E-state index contributed by atoms with van der Waals surface area (Å²) in [6, 6.07) is 36.0. The van der Waals surface area contributed by atoms with Gasteiger partial charge in [0.2, 0.25) is 5.91 Å². The Morgan fingerprint density at radius 2 is 1.53 bits per heavy atom. The number of fused-ring (bicyclic) bond motifs is 1. The van der Waals surface area contributed by atoms with Crippen LogP contribution in [0.4, 0.5) is 10.2 Å². The minimum Gasteiger partial charge on any atom is -0.496 e. The van der Waals surface area contributed by atoms with Crippen molar-refractivity contribution in [3.63, 3.8) is 0 Å². The third-order valence-electron chi connectivity index (χ3n) is 9.09. The summed E-state index contributed by atoms with van der Waals surface area (Å²) in [6.07, 6.45) is 0. The molecule has 0 unspecified atom stereocenters. The van der Waals surface area contributed by atoms with E-state index in [1.54, 1.807) is 93.0 Å². The number of anilines is 1. The zero-order valence-corrected chi connectivity index (χ0v) is 30.3. The molecule has 6 rings (SSSR count). The molecule has 0 saturated carbocycles. The lowest BCUT2D eigenvalue weighted by atomic mass is 9.86. The molecule has 0 fully saturated rings. The Morgan fingerprint density at radius 1 is 0.811 bits per heavy atom. The highest BCUT2D eigenvalue weighted by Gasteiger charge is 2.27. The number of rotatable bonds is 10. The van der Waals surface area contributed by atoms with Crippen LogP contribution in [0.5, 0.6) is 5.75 Å². The molecule has 0 aliphatic rings. The van der Waals surface area contributed by atoms with E-state index in [-0.39, 0.29) is 29.6 Å². The Morgan fingerprint density at radius 3 is 2.21 bits per heavy atom. The number of hydrogen-bond donors (Lipinski definition) is 2. The normalized spacial score (nSPS) is 11.8. The van der Waals surface area contributed by atoms with Crippen LogP contribution in [0.25, 0.3) is 22.0 Å². The van der Waals surface area contributed by atoms with Crippen molar-refractivity contribution in [1.29, 1.82) is 0 Å². The molecule has 8 nitrogen and oxygen atoms in total. The van der Waals surface area contributed by atoms with Crippen LogP contribution >= 0.6 is 0 Å². The summed E-state index contributed by atoms with van der Waals surface area (Å²) in [4.78, 5) is 47.2. The van der Waals surface area contributed by atoms with Crippen molar-refractivity contribution in [1.82, 2.24) is 15.2 Å². The highest BCUT2D eigenvalue weighted by molar-refractivity contribution is 6.09.